The third-order valence-electron chi connectivity index (χ3n) is 2.19. The van der Waals surface area contributed by atoms with Crippen molar-refractivity contribution in [2.45, 2.75) is 6.42 Å². The van der Waals surface area contributed by atoms with Crippen LogP contribution in [0.15, 0.2) is 23.2 Å². The van der Waals surface area contributed by atoms with E-state index in [4.69, 9.17) is 11.6 Å². The van der Waals surface area contributed by atoms with E-state index in [9.17, 15) is 10.1 Å². The van der Waals surface area contributed by atoms with Gasteiger partial charge in [-0.2, -0.15) is 0 Å². The molecule has 8 heteroatoms. The summed E-state index contributed by atoms with van der Waals surface area (Å²) >= 11 is 7.43. The van der Waals surface area contributed by atoms with E-state index in [2.05, 4.69) is 15.3 Å². The normalized spacial score (nSPS) is 10.3. The molecule has 6 nitrogen and oxygen atoms in total. The quantitative estimate of drug-likeness (QED) is 0.674. The molecule has 0 bridgehead atoms. The monoisotopic (exact) mass is 284 g/mol. The van der Waals surface area contributed by atoms with Crippen LogP contribution in [0.25, 0.3) is 0 Å². The van der Waals surface area contributed by atoms with Crippen LogP contribution in [-0.4, -0.2) is 21.4 Å². The fourth-order valence-electron chi connectivity index (χ4n) is 1.33. The van der Waals surface area contributed by atoms with Crippen LogP contribution in [0.4, 0.5) is 11.5 Å². The molecule has 2 heterocycles. The zero-order valence-corrected chi connectivity index (χ0v) is 10.7. The summed E-state index contributed by atoms with van der Waals surface area (Å²) in [4.78, 5) is 18.0. The van der Waals surface area contributed by atoms with Crippen LogP contribution in [-0.2, 0) is 6.42 Å². The molecule has 2 rings (SSSR count). The highest BCUT2D eigenvalue weighted by Crippen LogP contribution is 2.23. The van der Waals surface area contributed by atoms with Crippen LogP contribution in [0.5, 0.6) is 0 Å². The fraction of sp³-hybridized carbons (Fsp3) is 0.200. The molecule has 0 saturated heterocycles. The molecule has 0 atom stereocenters. The summed E-state index contributed by atoms with van der Waals surface area (Å²) in [5.41, 5.74) is 2.64. The molecule has 0 radical (unpaired) electrons. The van der Waals surface area contributed by atoms with Gasteiger partial charge >= 0.3 is 0 Å². The van der Waals surface area contributed by atoms with Gasteiger partial charge in [0.05, 0.1) is 21.2 Å². The van der Waals surface area contributed by atoms with Crippen molar-refractivity contribution in [1.29, 1.82) is 0 Å². The summed E-state index contributed by atoms with van der Waals surface area (Å²) in [6.07, 6.45) is 1.93. The van der Waals surface area contributed by atoms with Crippen molar-refractivity contribution in [1.82, 2.24) is 9.97 Å². The molecule has 94 valence electrons. The molecule has 0 amide bonds. The minimum atomic E-state index is -0.530. The van der Waals surface area contributed by atoms with Crippen molar-refractivity contribution in [2.24, 2.45) is 0 Å². The third kappa shape index (κ3) is 3.14. The zero-order chi connectivity index (χ0) is 13.0. The molecule has 0 aliphatic rings. The number of nitrogens with zero attached hydrogens (tertiary/aromatic N) is 3. The second-order valence-electron chi connectivity index (χ2n) is 3.44. The lowest BCUT2D eigenvalue weighted by Gasteiger charge is -2.05. The lowest BCUT2D eigenvalue weighted by atomic mass is 10.3. The summed E-state index contributed by atoms with van der Waals surface area (Å²) in [5.74, 6) is 0.442. The van der Waals surface area contributed by atoms with Gasteiger partial charge in [0.1, 0.15) is 12.0 Å². The average Bonchev–Trinajstić information content (AvgIpc) is 2.84. The molecule has 18 heavy (non-hydrogen) atoms. The number of aromatic nitrogens is 2. The Balaban J connectivity index is 1.95. The molecule has 0 aliphatic carbocycles. The first-order chi connectivity index (χ1) is 8.66. The molecule has 2 aromatic rings. The van der Waals surface area contributed by atoms with Gasteiger partial charge in [-0.3, -0.25) is 10.1 Å². The smallest absolute Gasteiger partial charge is 0.289 e. The molecule has 0 saturated carbocycles. The SMILES string of the molecule is O=[N+]([O-])c1cnc(NCCc2cscn2)c(Cl)c1. The number of hydrogen-bond donors (Lipinski definition) is 1. The first-order valence-corrected chi connectivity index (χ1v) is 6.40. The van der Waals surface area contributed by atoms with Crippen molar-refractivity contribution in [3.05, 3.63) is 44.0 Å². The van der Waals surface area contributed by atoms with Crippen molar-refractivity contribution in [2.75, 3.05) is 11.9 Å². The largest absolute Gasteiger partial charge is 0.368 e. The standard InChI is InChI=1S/C10H9ClN4O2S/c11-9-3-8(15(16)17)4-13-10(9)12-2-1-7-5-18-6-14-7/h3-6H,1-2H2,(H,12,13). The minimum absolute atomic E-state index is 0.120. The number of hydrogen-bond acceptors (Lipinski definition) is 6. The van der Waals surface area contributed by atoms with Crippen LogP contribution in [0, 0.1) is 10.1 Å². The zero-order valence-electron chi connectivity index (χ0n) is 9.17. The number of pyridine rings is 1. The molecular weight excluding hydrogens is 276 g/mol. The Morgan fingerprint density at radius 3 is 2.94 bits per heavy atom. The maximum absolute atomic E-state index is 10.5. The lowest BCUT2D eigenvalue weighted by Crippen LogP contribution is -2.07. The van der Waals surface area contributed by atoms with E-state index in [1.54, 1.807) is 5.51 Å². The fourth-order valence-corrected chi connectivity index (χ4v) is 2.15. The molecule has 2 aromatic heterocycles. The number of nitro groups is 1. The summed E-state index contributed by atoms with van der Waals surface area (Å²) in [7, 11) is 0. The van der Waals surface area contributed by atoms with Gasteiger partial charge in [0.15, 0.2) is 0 Å². The maximum Gasteiger partial charge on any atom is 0.289 e. The van der Waals surface area contributed by atoms with Gasteiger partial charge in [-0.15, -0.1) is 11.3 Å². The van der Waals surface area contributed by atoms with Crippen LogP contribution >= 0.6 is 22.9 Å². The van der Waals surface area contributed by atoms with Gasteiger partial charge in [-0.25, -0.2) is 9.97 Å². The lowest BCUT2D eigenvalue weighted by molar-refractivity contribution is -0.385. The summed E-state index contributed by atoms with van der Waals surface area (Å²) in [6, 6.07) is 1.28. The Labute approximate surface area is 112 Å². The van der Waals surface area contributed by atoms with E-state index in [1.165, 1.54) is 23.6 Å². The van der Waals surface area contributed by atoms with E-state index in [0.29, 0.717) is 12.4 Å². The van der Waals surface area contributed by atoms with Crippen molar-refractivity contribution in [3.63, 3.8) is 0 Å². The highest BCUT2D eigenvalue weighted by atomic mass is 35.5. The minimum Gasteiger partial charge on any atom is -0.368 e. The first kappa shape index (κ1) is 12.7. The van der Waals surface area contributed by atoms with Crippen molar-refractivity contribution >= 4 is 34.4 Å². The molecule has 0 aliphatic heterocycles. The molecule has 0 fully saturated rings. The molecular formula is C10H9ClN4O2S. The van der Waals surface area contributed by atoms with Gasteiger partial charge in [0.2, 0.25) is 0 Å². The molecule has 0 unspecified atom stereocenters. The summed E-state index contributed by atoms with van der Waals surface area (Å²) in [5, 5.41) is 15.7. The van der Waals surface area contributed by atoms with Crippen molar-refractivity contribution < 1.29 is 4.92 Å². The number of halogens is 1. The number of rotatable bonds is 5. The second kappa shape index (κ2) is 5.74. The van der Waals surface area contributed by atoms with Crippen LogP contribution in [0.3, 0.4) is 0 Å². The highest BCUT2D eigenvalue weighted by Gasteiger charge is 2.10. The Kier molecular flexibility index (Phi) is 4.06. The summed E-state index contributed by atoms with van der Waals surface area (Å²) in [6.45, 7) is 0.619. The number of anilines is 1. The Morgan fingerprint density at radius 2 is 2.33 bits per heavy atom. The van der Waals surface area contributed by atoms with Gasteiger partial charge in [-0.1, -0.05) is 11.6 Å². The average molecular weight is 285 g/mol. The van der Waals surface area contributed by atoms with Gasteiger partial charge in [0.25, 0.3) is 5.69 Å². The van der Waals surface area contributed by atoms with Gasteiger partial charge < -0.3 is 5.32 Å². The van der Waals surface area contributed by atoms with E-state index in [-0.39, 0.29) is 10.7 Å². The van der Waals surface area contributed by atoms with Gasteiger partial charge in [0, 0.05) is 24.4 Å². The Morgan fingerprint density at radius 1 is 1.50 bits per heavy atom. The molecule has 0 spiro atoms. The summed E-state index contributed by atoms with van der Waals surface area (Å²) < 4.78 is 0. The molecule has 1 N–H and O–H groups in total. The van der Waals surface area contributed by atoms with E-state index in [0.717, 1.165) is 12.1 Å². The predicted molar refractivity (Wildman–Crippen MR) is 70.2 cm³/mol. The number of nitrogens with one attached hydrogen (secondary N) is 1. The predicted octanol–water partition coefficient (Wildman–Crippen LogP) is 2.75. The molecule has 0 aromatic carbocycles. The van der Waals surface area contributed by atoms with Crippen molar-refractivity contribution in [3.8, 4) is 0 Å². The Bertz CT molecular complexity index is 547. The van der Waals surface area contributed by atoms with E-state index >= 15 is 0 Å². The van der Waals surface area contributed by atoms with E-state index in [1.807, 2.05) is 5.38 Å². The maximum atomic E-state index is 10.5. The topological polar surface area (TPSA) is 81.0 Å². The Hall–Kier alpha value is -1.73. The van der Waals surface area contributed by atoms with Crippen LogP contribution < -0.4 is 5.32 Å². The number of thiazole rings is 1. The van der Waals surface area contributed by atoms with Crippen LogP contribution in [0.2, 0.25) is 5.02 Å². The first-order valence-electron chi connectivity index (χ1n) is 5.07. The van der Waals surface area contributed by atoms with Gasteiger partial charge in [-0.05, 0) is 0 Å². The highest BCUT2D eigenvalue weighted by molar-refractivity contribution is 7.07. The van der Waals surface area contributed by atoms with Crippen LogP contribution in [0.1, 0.15) is 5.69 Å². The third-order valence-corrected chi connectivity index (χ3v) is 3.12. The second-order valence-corrected chi connectivity index (χ2v) is 4.56. The van der Waals surface area contributed by atoms with E-state index < -0.39 is 4.92 Å².